The fraction of sp³-hybridized carbons (Fsp3) is 0.409. The van der Waals surface area contributed by atoms with Gasteiger partial charge in [-0.25, -0.2) is 0 Å². The summed E-state index contributed by atoms with van der Waals surface area (Å²) < 4.78 is 0. The van der Waals surface area contributed by atoms with Gasteiger partial charge in [0.15, 0.2) is 0 Å². The van der Waals surface area contributed by atoms with Gasteiger partial charge in [-0.3, -0.25) is 9.69 Å². The minimum absolute atomic E-state index is 0.00651. The highest BCUT2D eigenvalue weighted by molar-refractivity contribution is 7.08. The maximum absolute atomic E-state index is 11.8. The van der Waals surface area contributed by atoms with Crippen LogP contribution >= 0.6 is 11.3 Å². The molecule has 27 heavy (non-hydrogen) atoms. The number of carbonyl (C=O) groups is 1. The maximum atomic E-state index is 11.8. The third-order valence-electron chi connectivity index (χ3n) is 4.91. The van der Waals surface area contributed by atoms with Crippen LogP contribution in [0.2, 0.25) is 0 Å². The van der Waals surface area contributed by atoms with Crippen molar-refractivity contribution in [2.45, 2.75) is 19.8 Å². The summed E-state index contributed by atoms with van der Waals surface area (Å²) in [6, 6.07) is 10.8. The van der Waals surface area contributed by atoms with Crippen molar-refractivity contribution in [1.82, 2.24) is 10.2 Å². The van der Waals surface area contributed by atoms with Crippen molar-refractivity contribution in [3.8, 4) is 0 Å². The molecule has 1 saturated heterocycles. The van der Waals surface area contributed by atoms with E-state index in [0.717, 1.165) is 57.7 Å². The first kappa shape index (κ1) is 19.6. The molecule has 1 aliphatic rings. The van der Waals surface area contributed by atoms with Crippen LogP contribution in [0.1, 0.15) is 24.0 Å². The second kappa shape index (κ2) is 10.3. The zero-order valence-corrected chi connectivity index (χ0v) is 16.9. The van der Waals surface area contributed by atoms with Crippen molar-refractivity contribution in [2.75, 3.05) is 44.2 Å². The Balaban J connectivity index is 1.27. The molecule has 0 radical (unpaired) electrons. The molecule has 0 saturated carbocycles. The zero-order chi connectivity index (χ0) is 18.9. The number of anilines is 1. The van der Waals surface area contributed by atoms with Crippen LogP contribution in [-0.4, -0.2) is 50.1 Å². The molecule has 1 N–H and O–H groups in total. The number of hydrogen-bond donors (Lipinski definition) is 1. The molecule has 0 spiro atoms. The summed E-state index contributed by atoms with van der Waals surface area (Å²) in [5.41, 5.74) is 3.75. The molecule has 1 amide bonds. The van der Waals surface area contributed by atoms with Gasteiger partial charge in [0.1, 0.15) is 0 Å². The smallest absolute Gasteiger partial charge is 0.243 e. The second-order valence-electron chi connectivity index (χ2n) is 7.06. The average Bonchev–Trinajstić information content (AvgIpc) is 3.20. The summed E-state index contributed by atoms with van der Waals surface area (Å²) in [7, 11) is 0. The van der Waals surface area contributed by atoms with Crippen LogP contribution in [0.15, 0.2) is 47.2 Å². The predicted molar refractivity (Wildman–Crippen MR) is 115 cm³/mol. The van der Waals surface area contributed by atoms with Crippen molar-refractivity contribution in [3.05, 3.63) is 58.3 Å². The molecule has 4 nitrogen and oxygen atoms in total. The lowest BCUT2D eigenvalue weighted by Gasteiger charge is -2.36. The van der Waals surface area contributed by atoms with E-state index in [-0.39, 0.29) is 5.91 Å². The van der Waals surface area contributed by atoms with Crippen LogP contribution in [-0.2, 0) is 4.79 Å². The third kappa shape index (κ3) is 6.52. The van der Waals surface area contributed by atoms with Crippen LogP contribution in [0.3, 0.4) is 0 Å². The largest absolute Gasteiger partial charge is 0.369 e. The van der Waals surface area contributed by atoms with Crippen molar-refractivity contribution < 1.29 is 4.79 Å². The van der Waals surface area contributed by atoms with Gasteiger partial charge in [-0.15, -0.1) is 0 Å². The lowest BCUT2D eigenvalue weighted by molar-refractivity contribution is -0.116. The number of unbranched alkanes of at least 4 members (excludes halogenated alkanes) is 1. The molecule has 5 heteroatoms. The Morgan fingerprint density at radius 3 is 2.78 bits per heavy atom. The highest BCUT2D eigenvalue weighted by atomic mass is 32.1. The predicted octanol–water partition coefficient (Wildman–Crippen LogP) is 3.79. The van der Waals surface area contributed by atoms with E-state index in [1.165, 1.54) is 11.3 Å². The average molecular weight is 384 g/mol. The zero-order valence-electron chi connectivity index (χ0n) is 16.1. The summed E-state index contributed by atoms with van der Waals surface area (Å²) in [6.45, 7) is 8.42. The first-order chi connectivity index (χ1) is 13.2. The van der Waals surface area contributed by atoms with Gasteiger partial charge in [0.2, 0.25) is 5.91 Å². The highest BCUT2D eigenvalue weighted by Crippen LogP contribution is 2.17. The van der Waals surface area contributed by atoms with Crippen LogP contribution in [0.5, 0.6) is 0 Å². The first-order valence-corrected chi connectivity index (χ1v) is 10.7. The van der Waals surface area contributed by atoms with Gasteiger partial charge < -0.3 is 10.2 Å². The number of carbonyl (C=O) groups excluding carboxylic acids is 1. The molecule has 1 aliphatic heterocycles. The Morgan fingerprint density at radius 1 is 1.19 bits per heavy atom. The van der Waals surface area contributed by atoms with E-state index >= 15 is 0 Å². The molecule has 144 valence electrons. The van der Waals surface area contributed by atoms with Crippen LogP contribution in [0.25, 0.3) is 6.08 Å². The standard InChI is InChI=1S/C22H29N3OS/c1-19-5-4-6-21(17-19)25-14-12-24(13-15-25)11-3-2-10-23-22(26)8-7-20-9-16-27-18-20/h4-9,16-18H,2-3,10-15H2,1H3,(H,23,26)/b8-7+. The summed E-state index contributed by atoms with van der Waals surface area (Å²) in [5, 5.41) is 7.01. The van der Waals surface area contributed by atoms with E-state index in [9.17, 15) is 4.79 Å². The van der Waals surface area contributed by atoms with Gasteiger partial charge in [0.05, 0.1) is 0 Å². The van der Waals surface area contributed by atoms with E-state index in [1.807, 2.05) is 22.9 Å². The topological polar surface area (TPSA) is 35.6 Å². The SMILES string of the molecule is Cc1cccc(N2CCN(CCCCNC(=O)/C=C/c3ccsc3)CC2)c1. The summed E-state index contributed by atoms with van der Waals surface area (Å²) in [5.74, 6) is -0.00651. The van der Waals surface area contributed by atoms with Crippen LogP contribution < -0.4 is 10.2 Å². The number of benzene rings is 1. The number of rotatable bonds is 8. The molecule has 2 heterocycles. The summed E-state index contributed by atoms with van der Waals surface area (Å²) in [6.07, 6.45) is 5.63. The molecule has 2 aromatic rings. The molecular weight excluding hydrogens is 354 g/mol. The van der Waals surface area contributed by atoms with E-state index in [2.05, 4.69) is 46.3 Å². The normalized spacial score (nSPS) is 15.4. The maximum Gasteiger partial charge on any atom is 0.243 e. The monoisotopic (exact) mass is 383 g/mol. The summed E-state index contributed by atoms with van der Waals surface area (Å²) in [4.78, 5) is 16.8. The van der Waals surface area contributed by atoms with Gasteiger partial charge in [-0.05, 0) is 72.5 Å². The van der Waals surface area contributed by atoms with Crippen molar-refractivity contribution >= 4 is 29.0 Å². The van der Waals surface area contributed by atoms with Crippen molar-refractivity contribution in [3.63, 3.8) is 0 Å². The van der Waals surface area contributed by atoms with E-state index in [0.29, 0.717) is 0 Å². The Bertz CT molecular complexity index is 734. The molecule has 3 rings (SSSR count). The first-order valence-electron chi connectivity index (χ1n) is 9.73. The minimum Gasteiger partial charge on any atom is -0.369 e. The fourth-order valence-electron chi connectivity index (χ4n) is 3.33. The lowest BCUT2D eigenvalue weighted by Crippen LogP contribution is -2.46. The van der Waals surface area contributed by atoms with Gasteiger partial charge in [0, 0.05) is 44.5 Å². The quantitative estimate of drug-likeness (QED) is 0.556. The minimum atomic E-state index is -0.00651. The van der Waals surface area contributed by atoms with Gasteiger partial charge in [0.25, 0.3) is 0 Å². The Labute approximate surface area is 166 Å². The third-order valence-corrected chi connectivity index (χ3v) is 5.61. The van der Waals surface area contributed by atoms with Crippen LogP contribution in [0, 0.1) is 6.92 Å². The van der Waals surface area contributed by atoms with Crippen molar-refractivity contribution in [2.24, 2.45) is 0 Å². The number of aryl methyl sites for hydroxylation is 1. The number of amides is 1. The molecule has 1 aromatic carbocycles. The van der Waals surface area contributed by atoms with E-state index in [4.69, 9.17) is 0 Å². The number of nitrogens with zero attached hydrogens (tertiary/aromatic N) is 2. The van der Waals surface area contributed by atoms with Gasteiger partial charge in [-0.1, -0.05) is 12.1 Å². The lowest BCUT2D eigenvalue weighted by atomic mass is 10.2. The van der Waals surface area contributed by atoms with Gasteiger partial charge in [-0.2, -0.15) is 11.3 Å². The van der Waals surface area contributed by atoms with E-state index < -0.39 is 0 Å². The second-order valence-corrected chi connectivity index (χ2v) is 7.84. The molecule has 0 bridgehead atoms. The Kier molecular flexibility index (Phi) is 7.48. The Morgan fingerprint density at radius 2 is 2.04 bits per heavy atom. The number of hydrogen-bond acceptors (Lipinski definition) is 4. The molecule has 0 unspecified atom stereocenters. The molecule has 1 fully saturated rings. The fourth-order valence-corrected chi connectivity index (χ4v) is 3.96. The number of nitrogens with one attached hydrogen (secondary N) is 1. The Hall–Kier alpha value is -2.11. The molecule has 1 aromatic heterocycles. The molecular formula is C22H29N3OS. The molecule has 0 atom stereocenters. The van der Waals surface area contributed by atoms with Crippen LogP contribution in [0.4, 0.5) is 5.69 Å². The van der Waals surface area contributed by atoms with Crippen molar-refractivity contribution in [1.29, 1.82) is 0 Å². The molecule has 0 aliphatic carbocycles. The van der Waals surface area contributed by atoms with Gasteiger partial charge >= 0.3 is 0 Å². The van der Waals surface area contributed by atoms with E-state index in [1.54, 1.807) is 17.4 Å². The highest BCUT2D eigenvalue weighted by Gasteiger charge is 2.16. The number of piperazine rings is 1. The summed E-state index contributed by atoms with van der Waals surface area (Å²) >= 11 is 1.64. The number of thiophene rings is 1.